The Labute approximate surface area is 163 Å². The molecule has 0 bridgehead atoms. The fraction of sp³-hybridized carbons (Fsp3) is 0.500. The van der Waals surface area contributed by atoms with Crippen LogP contribution < -0.4 is 10.6 Å². The van der Waals surface area contributed by atoms with E-state index in [9.17, 15) is 0 Å². The van der Waals surface area contributed by atoms with E-state index in [2.05, 4.69) is 65.1 Å². The number of nitrogens with zero attached hydrogens (tertiary/aromatic N) is 2. The Balaban J connectivity index is 0.00000264. The largest absolute Gasteiger partial charge is 0.352 e. The summed E-state index contributed by atoms with van der Waals surface area (Å²) in [5.74, 6) is 0.806. The monoisotopic (exact) mass is 464 g/mol. The molecular formula is C16H25IN4S2. The predicted molar refractivity (Wildman–Crippen MR) is 112 cm³/mol. The summed E-state index contributed by atoms with van der Waals surface area (Å²) in [5, 5.41) is 12.0. The average Bonchev–Trinajstić information content (AvgIpc) is 3.08. The van der Waals surface area contributed by atoms with Gasteiger partial charge in [-0.15, -0.1) is 46.7 Å². The molecule has 2 N–H and O–H groups in total. The average molecular weight is 464 g/mol. The van der Waals surface area contributed by atoms with Crippen LogP contribution in [0.2, 0.25) is 0 Å². The van der Waals surface area contributed by atoms with Gasteiger partial charge in [0.1, 0.15) is 5.01 Å². The highest BCUT2D eigenvalue weighted by atomic mass is 127. The molecule has 0 aliphatic rings. The molecule has 4 nitrogen and oxygen atoms in total. The van der Waals surface area contributed by atoms with E-state index in [1.165, 1.54) is 10.4 Å². The zero-order chi connectivity index (χ0) is 16.2. The maximum absolute atomic E-state index is 4.69. The van der Waals surface area contributed by atoms with Crippen molar-refractivity contribution < 1.29 is 0 Å². The molecule has 2 heterocycles. The normalized spacial score (nSPS) is 12.0. The molecule has 7 heteroatoms. The molecule has 0 saturated carbocycles. The van der Waals surface area contributed by atoms with Gasteiger partial charge in [-0.1, -0.05) is 20.8 Å². The van der Waals surface area contributed by atoms with Gasteiger partial charge in [-0.3, -0.25) is 4.99 Å². The molecule has 0 saturated heterocycles. The lowest BCUT2D eigenvalue weighted by molar-refractivity contribution is 0.570. The van der Waals surface area contributed by atoms with Crippen LogP contribution in [0.15, 0.2) is 21.8 Å². The van der Waals surface area contributed by atoms with Crippen molar-refractivity contribution in [2.75, 3.05) is 7.05 Å². The smallest absolute Gasteiger partial charge is 0.191 e. The zero-order valence-electron chi connectivity index (χ0n) is 14.3. The van der Waals surface area contributed by atoms with Gasteiger partial charge in [0, 0.05) is 22.7 Å². The maximum atomic E-state index is 4.69. The summed E-state index contributed by atoms with van der Waals surface area (Å²) in [7, 11) is 1.79. The van der Waals surface area contributed by atoms with Crippen molar-refractivity contribution in [3.05, 3.63) is 38.0 Å². The minimum atomic E-state index is 0. The standard InChI is InChI=1S/C16H24N4S2.HI/c1-11-6-7-21-12(11)8-18-15(17-5)19-9-14-20-13(10-22-14)16(2,3)4;/h6-7,10H,8-9H2,1-5H3,(H2,17,18,19);1H. The van der Waals surface area contributed by atoms with Crippen LogP contribution in [-0.4, -0.2) is 18.0 Å². The molecule has 0 aliphatic carbocycles. The summed E-state index contributed by atoms with van der Waals surface area (Å²) in [4.78, 5) is 10.3. The summed E-state index contributed by atoms with van der Waals surface area (Å²) >= 11 is 3.46. The third-order valence-electron chi connectivity index (χ3n) is 3.34. The van der Waals surface area contributed by atoms with Crippen LogP contribution >= 0.6 is 46.7 Å². The van der Waals surface area contributed by atoms with Gasteiger partial charge in [0.15, 0.2) is 5.96 Å². The molecule has 0 radical (unpaired) electrons. The second-order valence-electron chi connectivity index (χ2n) is 6.18. The van der Waals surface area contributed by atoms with E-state index in [-0.39, 0.29) is 29.4 Å². The lowest BCUT2D eigenvalue weighted by Gasteiger charge is -2.14. The van der Waals surface area contributed by atoms with Crippen LogP contribution in [0, 0.1) is 6.92 Å². The summed E-state index contributed by atoms with van der Waals surface area (Å²) in [6.07, 6.45) is 0. The number of halogens is 1. The Kier molecular flexibility index (Phi) is 7.96. The van der Waals surface area contributed by atoms with Crippen molar-refractivity contribution in [1.29, 1.82) is 0 Å². The molecule has 0 atom stereocenters. The Morgan fingerprint density at radius 1 is 1.22 bits per heavy atom. The van der Waals surface area contributed by atoms with Gasteiger partial charge in [0.25, 0.3) is 0 Å². The van der Waals surface area contributed by atoms with E-state index >= 15 is 0 Å². The van der Waals surface area contributed by atoms with Crippen LogP contribution in [0.1, 0.15) is 41.9 Å². The Hall–Kier alpha value is -0.670. The predicted octanol–water partition coefficient (Wildman–Crippen LogP) is 4.29. The second kappa shape index (κ2) is 8.98. The van der Waals surface area contributed by atoms with Gasteiger partial charge in [-0.2, -0.15) is 0 Å². The highest BCUT2D eigenvalue weighted by Crippen LogP contribution is 2.23. The first kappa shape index (κ1) is 20.4. The Morgan fingerprint density at radius 2 is 1.91 bits per heavy atom. The van der Waals surface area contributed by atoms with Crippen LogP contribution in [0.3, 0.4) is 0 Å². The number of rotatable bonds is 4. The number of thiazole rings is 1. The molecule has 128 valence electrons. The second-order valence-corrected chi connectivity index (χ2v) is 8.13. The quantitative estimate of drug-likeness (QED) is 0.403. The fourth-order valence-corrected chi connectivity index (χ4v) is 3.67. The first-order chi connectivity index (χ1) is 10.4. The van der Waals surface area contributed by atoms with Gasteiger partial charge in [0.2, 0.25) is 0 Å². The van der Waals surface area contributed by atoms with E-state index in [0.29, 0.717) is 6.54 Å². The third kappa shape index (κ3) is 6.04. The van der Waals surface area contributed by atoms with Crippen LogP contribution in [-0.2, 0) is 18.5 Å². The summed E-state index contributed by atoms with van der Waals surface area (Å²) in [6, 6.07) is 2.14. The molecule has 2 rings (SSSR count). The van der Waals surface area contributed by atoms with Gasteiger partial charge < -0.3 is 10.6 Å². The van der Waals surface area contributed by atoms with Gasteiger partial charge >= 0.3 is 0 Å². The zero-order valence-corrected chi connectivity index (χ0v) is 18.2. The van der Waals surface area contributed by atoms with Gasteiger partial charge in [-0.25, -0.2) is 4.98 Å². The van der Waals surface area contributed by atoms with Crippen molar-refractivity contribution in [2.45, 2.75) is 46.2 Å². The molecule has 0 amide bonds. The van der Waals surface area contributed by atoms with Crippen molar-refractivity contribution in [1.82, 2.24) is 15.6 Å². The number of aryl methyl sites for hydroxylation is 1. The number of guanidine groups is 1. The van der Waals surface area contributed by atoms with E-state index in [0.717, 1.165) is 23.2 Å². The van der Waals surface area contributed by atoms with Crippen molar-refractivity contribution in [2.24, 2.45) is 4.99 Å². The van der Waals surface area contributed by atoms with E-state index < -0.39 is 0 Å². The van der Waals surface area contributed by atoms with Crippen molar-refractivity contribution in [3.8, 4) is 0 Å². The lowest BCUT2D eigenvalue weighted by atomic mass is 9.93. The van der Waals surface area contributed by atoms with Crippen LogP contribution in [0.5, 0.6) is 0 Å². The molecule has 0 spiro atoms. The molecule has 23 heavy (non-hydrogen) atoms. The van der Waals surface area contributed by atoms with Crippen molar-refractivity contribution in [3.63, 3.8) is 0 Å². The Morgan fingerprint density at radius 3 is 2.43 bits per heavy atom. The van der Waals surface area contributed by atoms with E-state index in [1.807, 2.05) is 0 Å². The highest BCUT2D eigenvalue weighted by Gasteiger charge is 2.17. The number of hydrogen-bond acceptors (Lipinski definition) is 4. The summed E-state index contributed by atoms with van der Waals surface area (Å²) < 4.78 is 0. The molecule has 0 aromatic carbocycles. The van der Waals surface area contributed by atoms with Crippen molar-refractivity contribution >= 4 is 52.6 Å². The molecule has 0 fully saturated rings. The molecule has 0 aliphatic heterocycles. The first-order valence-electron chi connectivity index (χ1n) is 7.32. The molecule has 0 unspecified atom stereocenters. The van der Waals surface area contributed by atoms with E-state index in [1.54, 1.807) is 29.7 Å². The fourth-order valence-electron chi connectivity index (χ4n) is 1.87. The van der Waals surface area contributed by atoms with Crippen LogP contribution in [0.4, 0.5) is 0 Å². The number of nitrogens with one attached hydrogen (secondary N) is 2. The number of thiophene rings is 1. The lowest BCUT2D eigenvalue weighted by Crippen LogP contribution is -2.36. The van der Waals surface area contributed by atoms with E-state index in [4.69, 9.17) is 0 Å². The van der Waals surface area contributed by atoms with Gasteiger partial charge in [0.05, 0.1) is 18.8 Å². The number of aliphatic imine (C=N–C) groups is 1. The molecule has 2 aromatic heterocycles. The third-order valence-corrected chi connectivity index (χ3v) is 5.21. The van der Waals surface area contributed by atoms with Crippen LogP contribution in [0.25, 0.3) is 0 Å². The summed E-state index contributed by atoms with van der Waals surface area (Å²) in [5.41, 5.74) is 2.57. The topological polar surface area (TPSA) is 49.3 Å². The highest BCUT2D eigenvalue weighted by molar-refractivity contribution is 14.0. The molecular weight excluding hydrogens is 439 g/mol. The molecule has 2 aromatic rings. The first-order valence-corrected chi connectivity index (χ1v) is 9.08. The Bertz CT molecular complexity index is 641. The number of aromatic nitrogens is 1. The summed E-state index contributed by atoms with van der Waals surface area (Å²) in [6.45, 7) is 10.2. The maximum Gasteiger partial charge on any atom is 0.191 e. The number of hydrogen-bond donors (Lipinski definition) is 2. The minimum Gasteiger partial charge on any atom is -0.352 e. The minimum absolute atomic E-state index is 0. The van der Waals surface area contributed by atoms with Gasteiger partial charge in [-0.05, 0) is 23.9 Å². The SMILES string of the molecule is CN=C(NCc1nc(C(C)(C)C)cs1)NCc1sccc1C.I.